The Balaban J connectivity index is 1.91. The number of carbonyl (C=O) groups excluding carboxylic acids is 1. The van der Waals surface area contributed by atoms with Gasteiger partial charge in [0, 0.05) is 39.1 Å². The molecule has 0 saturated carbocycles. The Morgan fingerprint density at radius 1 is 1.39 bits per heavy atom. The Labute approximate surface area is 163 Å². The Kier molecular flexibility index (Phi) is 8.01. The molecule has 28 heavy (non-hydrogen) atoms. The molecule has 1 heterocycles. The van der Waals surface area contributed by atoms with Gasteiger partial charge in [-0.05, 0) is 19.2 Å². The minimum atomic E-state index is -0.981. The Bertz CT molecular complexity index is 752. The second kappa shape index (κ2) is 10.5. The molecule has 1 fully saturated rings. The van der Waals surface area contributed by atoms with E-state index < -0.39 is 11.0 Å². The molecule has 0 radical (unpaired) electrons. The van der Waals surface area contributed by atoms with Crippen LogP contribution < -0.4 is 10.5 Å². The first-order valence-electron chi connectivity index (χ1n) is 8.93. The van der Waals surface area contributed by atoms with Gasteiger partial charge < -0.3 is 15.4 Å². The molecule has 0 atom stereocenters. The topological polar surface area (TPSA) is 125 Å². The molecule has 0 unspecified atom stereocenters. The second-order valence-electron chi connectivity index (χ2n) is 6.44. The highest BCUT2D eigenvalue weighted by Gasteiger charge is 2.15. The maximum atomic E-state index is 11.3. The van der Waals surface area contributed by atoms with Crippen molar-refractivity contribution in [3.05, 3.63) is 33.9 Å². The third-order valence-electron chi connectivity index (χ3n) is 4.36. The molecule has 1 aliphatic heterocycles. The largest absolute Gasteiger partial charge is 0.492 e. The van der Waals surface area contributed by atoms with Gasteiger partial charge in [0.1, 0.15) is 17.9 Å². The fourth-order valence-corrected chi connectivity index (χ4v) is 2.65. The average Bonchev–Trinajstić information content (AvgIpc) is 2.67. The third-order valence-corrected chi connectivity index (χ3v) is 4.36. The molecule has 1 saturated heterocycles. The molecular formula is C18H25N5O5. The van der Waals surface area contributed by atoms with E-state index in [2.05, 4.69) is 28.7 Å². The zero-order chi connectivity index (χ0) is 20.5. The summed E-state index contributed by atoms with van der Waals surface area (Å²) in [4.78, 5) is 26.1. The number of urea groups is 1. The SMILES string of the molecule is CN1CCN(CCOc2ccc(C#CCCN(O)C(N)=O)c([N+](=O)[O-])c2)CC1. The normalized spacial score (nSPS) is 14.8. The lowest BCUT2D eigenvalue weighted by molar-refractivity contribution is -0.385. The lowest BCUT2D eigenvalue weighted by atomic mass is 10.1. The van der Waals surface area contributed by atoms with Crippen molar-refractivity contribution in [1.82, 2.24) is 14.9 Å². The highest BCUT2D eigenvalue weighted by molar-refractivity contribution is 5.70. The van der Waals surface area contributed by atoms with Gasteiger partial charge in [-0.2, -0.15) is 0 Å². The molecule has 0 aromatic heterocycles. The average molecular weight is 391 g/mol. The molecule has 2 rings (SSSR count). The number of piperazine rings is 1. The number of benzene rings is 1. The van der Waals surface area contributed by atoms with Gasteiger partial charge in [0.25, 0.3) is 5.69 Å². The molecule has 2 amide bonds. The molecule has 3 N–H and O–H groups in total. The number of nitro groups is 1. The quantitative estimate of drug-likeness (QED) is 0.304. The van der Waals surface area contributed by atoms with Gasteiger partial charge in [0.05, 0.1) is 17.5 Å². The van der Waals surface area contributed by atoms with Crippen molar-refractivity contribution in [3.8, 4) is 17.6 Å². The van der Waals surface area contributed by atoms with Crippen molar-refractivity contribution in [1.29, 1.82) is 0 Å². The summed E-state index contributed by atoms with van der Waals surface area (Å²) in [7, 11) is 2.09. The van der Waals surface area contributed by atoms with E-state index in [9.17, 15) is 14.9 Å². The maximum absolute atomic E-state index is 11.3. The number of carbonyl (C=O) groups is 1. The Hall–Kier alpha value is -2.87. The molecule has 0 bridgehead atoms. The number of hydrogen-bond acceptors (Lipinski definition) is 7. The number of ether oxygens (including phenoxy) is 1. The Morgan fingerprint density at radius 2 is 2.11 bits per heavy atom. The van der Waals surface area contributed by atoms with Crippen molar-refractivity contribution < 1.29 is 19.7 Å². The minimum absolute atomic E-state index is 0.0797. The molecule has 152 valence electrons. The molecule has 10 nitrogen and oxygen atoms in total. The summed E-state index contributed by atoms with van der Waals surface area (Å²) >= 11 is 0. The van der Waals surface area contributed by atoms with Crippen LogP contribution in [0.5, 0.6) is 5.75 Å². The fourth-order valence-electron chi connectivity index (χ4n) is 2.65. The first-order chi connectivity index (χ1) is 13.4. The van der Waals surface area contributed by atoms with Crippen molar-refractivity contribution in [2.24, 2.45) is 5.73 Å². The number of primary amides is 1. The molecule has 1 aromatic carbocycles. The zero-order valence-corrected chi connectivity index (χ0v) is 15.8. The number of nitrogens with two attached hydrogens (primary N) is 1. The molecular weight excluding hydrogens is 366 g/mol. The number of rotatable bonds is 7. The van der Waals surface area contributed by atoms with E-state index in [-0.39, 0.29) is 24.2 Å². The molecule has 0 aliphatic carbocycles. The number of hydrogen-bond donors (Lipinski definition) is 2. The molecule has 1 aromatic rings. The third kappa shape index (κ3) is 6.70. The van der Waals surface area contributed by atoms with Crippen LogP contribution in [0.3, 0.4) is 0 Å². The number of amides is 2. The first-order valence-corrected chi connectivity index (χ1v) is 8.93. The first kappa shape index (κ1) is 21.4. The van der Waals surface area contributed by atoms with Gasteiger partial charge in [-0.25, -0.2) is 9.86 Å². The highest BCUT2D eigenvalue weighted by atomic mass is 16.6. The van der Waals surface area contributed by atoms with Crippen molar-refractivity contribution in [2.45, 2.75) is 6.42 Å². The van der Waals surface area contributed by atoms with E-state index >= 15 is 0 Å². The zero-order valence-electron chi connectivity index (χ0n) is 15.8. The van der Waals surface area contributed by atoms with Crippen molar-refractivity contribution in [2.75, 3.05) is 52.9 Å². The van der Waals surface area contributed by atoms with Crippen molar-refractivity contribution >= 4 is 11.7 Å². The van der Waals surface area contributed by atoms with Gasteiger partial charge in [0.15, 0.2) is 0 Å². The molecule has 1 aliphatic rings. The van der Waals surface area contributed by atoms with Crippen molar-refractivity contribution in [3.63, 3.8) is 0 Å². The Morgan fingerprint density at radius 3 is 2.75 bits per heavy atom. The van der Waals surface area contributed by atoms with E-state index in [1.54, 1.807) is 6.07 Å². The summed E-state index contributed by atoms with van der Waals surface area (Å²) in [6.45, 7) is 5.14. The van der Waals surface area contributed by atoms with Gasteiger partial charge in [-0.3, -0.25) is 20.2 Å². The minimum Gasteiger partial charge on any atom is -0.492 e. The number of nitro benzene ring substituents is 1. The van der Waals surface area contributed by atoms with E-state index in [1.807, 2.05) is 0 Å². The van der Waals surface area contributed by atoms with E-state index in [0.29, 0.717) is 17.4 Å². The van der Waals surface area contributed by atoms with Crippen LogP contribution in [-0.2, 0) is 0 Å². The summed E-state index contributed by atoms with van der Waals surface area (Å²) in [5.74, 6) is 5.77. The highest BCUT2D eigenvalue weighted by Crippen LogP contribution is 2.24. The standard InChI is InChI=1S/C18H25N5O5/c1-20-8-10-21(11-9-20)12-13-28-16-6-5-15(17(14-16)23(26)27)4-2-3-7-22(25)18(19)24/h5-6,14,25H,3,7-13H2,1H3,(H2,19,24). The number of nitrogens with zero attached hydrogens (tertiary/aromatic N) is 4. The van der Waals surface area contributed by atoms with Crippen LogP contribution in [0.4, 0.5) is 10.5 Å². The van der Waals surface area contributed by atoms with Crippen LogP contribution in [-0.4, -0.2) is 83.9 Å². The van der Waals surface area contributed by atoms with Crippen LogP contribution in [0.25, 0.3) is 0 Å². The van der Waals surface area contributed by atoms with Crippen LogP contribution in [0.1, 0.15) is 12.0 Å². The summed E-state index contributed by atoms with van der Waals surface area (Å²) in [5, 5.41) is 20.8. The summed E-state index contributed by atoms with van der Waals surface area (Å²) in [6, 6.07) is 3.55. The predicted molar refractivity (Wildman–Crippen MR) is 102 cm³/mol. The van der Waals surface area contributed by atoms with Crippen LogP contribution in [0, 0.1) is 22.0 Å². The monoisotopic (exact) mass is 391 g/mol. The van der Waals surface area contributed by atoms with E-state index in [0.717, 1.165) is 32.7 Å². The molecule has 10 heteroatoms. The summed E-state index contributed by atoms with van der Waals surface area (Å²) in [6.07, 6.45) is 0.125. The van der Waals surface area contributed by atoms with Gasteiger partial charge >= 0.3 is 6.03 Å². The van der Waals surface area contributed by atoms with Crippen LogP contribution in [0.2, 0.25) is 0 Å². The van der Waals surface area contributed by atoms with E-state index in [1.165, 1.54) is 12.1 Å². The summed E-state index contributed by atoms with van der Waals surface area (Å²) in [5.41, 5.74) is 4.97. The lowest BCUT2D eigenvalue weighted by Crippen LogP contribution is -2.45. The van der Waals surface area contributed by atoms with E-state index in [4.69, 9.17) is 15.7 Å². The predicted octanol–water partition coefficient (Wildman–Crippen LogP) is 0.733. The molecule has 0 spiro atoms. The van der Waals surface area contributed by atoms with Gasteiger partial charge in [0.2, 0.25) is 0 Å². The summed E-state index contributed by atoms with van der Waals surface area (Å²) < 4.78 is 5.67. The van der Waals surface area contributed by atoms with Gasteiger partial charge in [-0.15, -0.1) is 0 Å². The van der Waals surface area contributed by atoms with Gasteiger partial charge in [-0.1, -0.05) is 11.8 Å². The fraction of sp³-hybridized carbons (Fsp3) is 0.500. The maximum Gasteiger partial charge on any atom is 0.338 e. The number of likely N-dealkylation sites (N-methyl/N-ethyl adjacent to an activating group) is 1. The van der Waals surface area contributed by atoms with Crippen LogP contribution in [0.15, 0.2) is 18.2 Å². The number of hydroxylamine groups is 2. The lowest BCUT2D eigenvalue weighted by Gasteiger charge is -2.32. The van der Waals surface area contributed by atoms with Crippen LogP contribution >= 0.6 is 0 Å². The second-order valence-corrected chi connectivity index (χ2v) is 6.44. The smallest absolute Gasteiger partial charge is 0.338 e.